The number of hydrogen-bond acceptors (Lipinski definition) is 5. The summed E-state index contributed by atoms with van der Waals surface area (Å²) in [5.74, 6) is -0.130. The van der Waals surface area contributed by atoms with Gasteiger partial charge in [-0.05, 0) is 13.8 Å². The lowest BCUT2D eigenvalue weighted by Gasteiger charge is -2.13. The van der Waals surface area contributed by atoms with Gasteiger partial charge >= 0.3 is 0 Å². The maximum Gasteiger partial charge on any atom is 0.263 e. The third-order valence-electron chi connectivity index (χ3n) is 2.44. The van der Waals surface area contributed by atoms with Gasteiger partial charge < -0.3 is 15.6 Å². The zero-order valence-electron chi connectivity index (χ0n) is 10.3. The van der Waals surface area contributed by atoms with Crippen molar-refractivity contribution >= 4 is 22.4 Å². The van der Waals surface area contributed by atoms with E-state index in [0.717, 1.165) is 0 Å². The molecular formula is C11H15N5OS. The van der Waals surface area contributed by atoms with Crippen LogP contribution in [0.25, 0.3) is 0 Å². The first kappa shape index (κ1) is 12.6. The molecule has 2 aromatic heterocycles. The first-order chi connectivity index (χ1) is 8.56. The van der Waals surface area contributed by atoms with Gasteiger partial charge in [0.05, 0.1) is 12.0 Å². The van der Waals surface area contributed by atoms with Crippen molar-refractivity contribution in [3.05, 3.63) is 29.3 Å². The summed E-state index contributed by atoms with van der Waals surface area (Å²) in [5, 5.41) is 3.33. The van der Waals surface area contributed by atoms with Crippen LogP contribution in [0.2, 0.25) is 0 Å². The molecule has 6 nitrogen and oxygen atoms in total. The van der Waals surface area contributed by atoms with Gasteiger partial charge in [0.2, 0.25) is 0 Å². The van der Waals surface area contributed by atoms with Crippen LogP contribution in [-0.2, 0) is 6.54 Å². The van der Waals surface area contributed by atoms with Gasteiger partial charge in [-0.25, -0.2) is 9.97 Å². The summed E-state index contributed by atoms with van der Waals surface area (Å²) in [4.78, 5) is 20.6. The quantitative estimate of drug-likeness (QED) is 0.865. The maximum atomic E-state index is 12.0. The third-order valence-corrected chi connectivity index (χ3v) is 3.43. The highest BCUT2D eigenvalue weighted by molar-refractivity contribution is 7.17. The van der Waals surface area contributed by atoms with E-state index in [4.69, 9.17) is 5.73 Å². The third kappa shape index (κ3) is 2.86. The van der Waals surface area contributed by atoms with E-state index in [1.54, 1.807) is 19.4 Å². The molecule has 7 heteroatoms. The molecule has 2 heterocycles. The van der Waals surface area contributed by atoms with E-state index >= 15 is 0 Å². The summed E-state index contributed by atoms with van der Waals surface area (Å²) in [6.07, 6.45) is 5.29. The zero-order chi connectivity index (χ0) is 13.1. The van der Waals surface area contributed by atoms with Crippen molar-refractivity contribution in [2.75, 3.05) is 5.73 Å². The molecule has 0 fully saturated rings. The Morgan fingerprint density at radius 3 is 3.00 bits per heavy atom. The molecule has 1 amide bonds. The monoisotopic (exact) mass is 265 g/mol. The predicted octanol–water partition coefficient (Wildman–Crippen LogP) is 1.05. The maximum absolute atomic E-state index is 12.0. The van der Waals surface area contributed by atoms with Crippen molar-refractivity contribution < 1.29 is 4.79 Å². The normalized spacial score (nSPS) is 12.3. The van der Waals surface area contributed by atoms with E-state index in [1.165, 1.54) is 11.3 Å². The van der Waals surface area contributed by atoms with Crippen molar-refractivity contribution in [2.45, 2.75) is 26.4 Å². The minimum atomic E-state index is -0.130. The van der Waals surface area contributed by atoms with Crippen LogP contribution in [0.15, 0.2) is 18.7 Å². The summed E-state index contributed by atoms with van der Waals surface area (Å²) >= 11 is 1.21. The van der Waals surface area contributed by atoms with Crippen molar-refractivity contribution in [2.24, 2.45) is 0 Å². The van der Waals surface area contributed by atoms with Crippen LogP contribution < -0.4 is 11.1 Å². The van der Waals surface area contributed by atoms with Gasteiger partial charge in [-0.1, -0.05) is 11.3 Å². The number of rotatable bonds is 4. The average molecular weight is 265 g/mol. The van der Waals surface area contributed by atoms with Crippen LogP contribution in [0.4, 0.5) is 5.13 Å². The van der Waals surface area contributed by atoms with Crippen molar-refractivity contribution in [1.82, 2.24) is 19.9 Å². The average Bonchev–Trinajstić information content (AvgIpc) is 2.88. The fourth-order valence-electron chi connectivity index (χ4n) is 1.67. The van der Waals surface area contributed by atoms with Crippen molar-refractivity contribution in [3.63, 3.8) is 0 Å². The lowest BCUT2D eigenvalue weighted by molar-refractivity contribution is 0.0940. The van der Waals surface area contributed by atoms with Crippen molar-refractivity contribution in [1.29, 1.82) is 0 Å². The Labute approximate surface area is 109 Å². The summed E-state index contributed by atoms with van der Waals surface area (Å²) in [7, 11) is 0. The number of nitrogen functional groups attached to an aromatic ring is 1. The van der Waals surface area contributed by atoms with E-state index < -0.39 is 0 Å². The molecule has 2 rings (SSSR count). The highest BCUT2D eigenvalue weighted by Crippen LogP contribution is 2.19. The van der Waals surface area contributed by atoms with E-state index in [1.807, 2.05) is 17.7 Å². The molecular weight excluding hydrogens is 250 g/mol. The number of carbonyl (C=O) groups excluding carboxylic acids is 1. The smallest absolute Gasteiger partial charge is 0.263 e. The number of anilines is 1. The van der Waals surface area contributed by atoms with Gasteiger partial charge in [-0.2, -0.15) is 0 Å². The number of aryl methyl sites for hydroxylation is 1. The number of imidazole rings is 1. The lowest BCUT2D eigenvalue weighted by Crippen LogP contribution is -2.35. The molecule has 0 saturated heterocycles. The molecule has 0 radical (unpaired) electrons. The first-order valence-corrected chi connectivity index (χ1v) is 6.37. The number of nitrogens with one attached hydrogen (secondary N) is 1. The first-order valence-electron chi connectivity index (χ1n) is 5.55. The Bertz CT molecular complexity index is 534. The Hall–Kier alpha value is -1.89. The number of aromatic nitrogens is 3. The fourth-order valence-corrected chi connectivity index (χ4v) is 2.41. The number of nitrogens with zero attached hydrogens (tertiary/aromatic N) is 3. The van der Waals surface area contributed by atoms with Crippen molar-refractivity contribution in [3.8, 4) is 0 Å². The topological polar surface area (TPSA) is 85.8 Å². The van der Waals surface area contributed by atoms with Gasteiger partial charge in [-0.15, -0.1) is 0 Å². The Kier molecular flexibility index (Phi) is 3.61. The van der Waals surface area contributed by atoms with E-state index in [0.29, 0.717) is 22.2 Å². The number of thiazole rings is 1. The Morgan fingerprint density at radius 2 is 2.44 bits per heavy atom. The molecule has 0 aliphatic rings. The molecule has 0 aliphatic carbocycles. The second-order valence-electron chi connectivity index (χ2n) is 4.10. The summed E-state index contributed by atoms with van der Waals surface area (Å²) in [6.45, 7) is 4.40. The number of hydrogen-bond donors (Lipinski definition) is 2. The van der Waals surface area contributed by atoms with Gasteiger partial charge in [0.15, 0.2) is 5.13 Å². The van der Waals surface area contributed by atoms with Crippen LogP contribution >= 0.6 is 11.3 Å². The second-order valence-corrected chi connectivity index (χ2v) is 5.13. The van der Waals surface area contributed by atoms with Crippen LogP contribution in [0, 0.1) is 6.92 Å². The Balaban J connectivity index is 1.97. The fraction of sp³-hybridized carbons (Fsp3) is 0.364. The summed E-state index contributed by atoms with van der Waals surface area (Å²) in [6, 6.07) is 0.00873. The predicted molar refractivity (Wildman–Crippen MR) is 70.4 cm³/mol. The second kappa shape index (κ2) is 5.18. The van der Waals surface area contributed by atoms with Gasteiger partial charge in [0.25, 0.3) is 5.91 Å². The molecule has 96 valence electrons. The standard InChI is InChI=1S/C11H15N5OS/c1-7(5-16-4-3-13-6-16)14-10(17)9-8(2)15-11(12)18-9/h3-4,6-7H,5H2,1-2H3,(H2,12,15)(H,14,17). The van der Waals surface area contributed by atoms with E-state index in [9.17, 15) is 4.79 Å². The SMILES string of the molecule is Cc1nc(N)sc1C(=O)NC(C)Cn1ccnc1. The number of carbonyl (C=O) groups is 1. The highest BCUT2D eigenvalue weighted by atomic mass is 32.1. The minimum absolute atomic E-state index is 0.00873. The van der Waals surface area contributed by atoms with Gasteiger partial charge in [0.1, 0.15) is 4.88 Å². The molecule has 1 atom stereocenters. The summed E-state index contributed by atoms with van der Waals surface area (Å²) < 4.78 is 1.92. The van der Waals surface area contributed by atoms with Crippen LogP contribution in [-0.4, -0.2) is 26.5 Å². The van der Waals surface area contributed by atoms with Crippen LogP contribution in [0.1, 0.15) is 22.3 Å². The molecule has 18 heavy (non-hydrogen) atoms. The molecule has 0 spiro atoms. The molecule has 0 bridgehead atoms. The molecule has 0 aliphatic heterocycles. The van der Waals surface area contributed by atoms with Crippen LogP contribution in [0.3, 0.4) is 0 Å². The number of nitrogens with two attached hydrogens (primary N) is 1. The zero-order valence-corrected chi connectivity index (χ0v) is 11.1. The van der Waals surface area contributed by atoms with Gasteiger partial charge in [0, 0.05) is 25.0 Å². The summed E-state index contributed by atoms with van der Waals surface area (Å²) in [5.41, 5.74) is 6.24. The molecule has 3 N–H and O–H groups in total. The van der Waals surface area contributed by atoms with E-state index in [-0.39, 0.29) is 11.9 Å². The minimum Gasteiger partial charge on any atom is -0.375 e. The molecule has 1 unspecified atom stereocenters. The Morgan fingerprint density at radius 1 is 1.67 bits per heavy atom. The van der Waals surface area contributed by atoms with E-state index in [2.05, 4.69) is 15.3 Å². The lowest BCUT2D eigenvalue weighted by atomic mass is 10.3. The molecule has 0 aromatic carbocycles. The van der Waals surface area contributed by atoms with Crippen LogP contribution in [0.5, 0.6) is 0 Å². The highest BCUT2D eigenvalue weighted by Gasteiger charge is 2.16. The molecule has 0 saturated carbocycles. The van der Waals surface area contributed by atoms with Gasteiger partial charge in [-0.3, -0.25) is 4.79 Å². The largest absolute Gasteiger partial charge is 0.375 e. The molecule has 2 aromatic rings. The number of amides is 1.